The van der Waals surface area contributed by atoms with Gasteiger partial charge in [-0.15, -0.1) is 0 Å². The van der Waals surface area contributed by atoms with Crippen LogP contribution in [0.3, 0.4) is 0 Å². The second-order valence-corrected chi connectivity index (χ2v) is 22.1. The van der Waals surface area contributed by atoms with Crippen LogP contribution in [0.4, 0.5) is 0 Å². The number of aliphatic hydroxyl groups excluding tert-OH is 9. The number of allylic oxidation sites excluding steroid dienone is 4. The highest BCUT2D eigenvalue weighted by atomic mass is 16.7. The molecule has 4 aliphatic heterocycles. The number of fused-ring (bicyclic) bond motifs is 2. The van der Waals surface area contributed by atoms with Crippen LogP contribution in [0.1, 0.15) is 147 Å². The molecule has 0 aromatic rings. The van der Waals surface area contributed by atoms with E-state index in [0.717, 1.165) is 6.42 Å². The highest BCUT2D eigenvalue weighted by molar-refractivity contribution is 5.82. The Bertz CT molecular complexity index is 1660. The van der Waals surface area contributed by atoms with Crippen molar-refractivity contribution in [3.8, 4) is 0 Å². The van der Waals surface area contributed by atoms with Crippen molar-refractivity contribution in [2.24, 2.45) is 47.3 Å². The smallest absolute Gasteiger partial charge is 0.330 e. The van der Waals surface area contributed by atoms with E-state index in [1.165, 1.54) is 19.1 Å². The molecule has 70 heavy (non-hydrogen) atoms. The third-order valence-corrected chi connectivity index (χ3v) is 16.5. The lowest BCUT2D eigenvalue weighted by Gasteiger charge is -2.56. The summed E-state index contributed by atoms with van der Waals surface area (Å²) in [5.74, 6) is -5.18. The van der Waals surface area contributed by atoms with Gasteiger partial charge in [0.1, 0.15) is 36.1 Å². The molecular formula is C54H94O16. The standard InChI is InChI=1S/C54H94O16/c1-12-26-53(65)51(63)31(5)17-15-14-16-18-38(28-32(6)55)20-22-41-34(8)49(36(10)54(69-41)27-25-30(4)48(70-54)33(7)39(56)13-2)67-42(58)23-19-29(3)44(59)35(9)45(60)50(46(61)47(62)52(53)64)68-43-24-21-40(57)37(11)66-43/h14-16,18-19,23,29-41,43-52,55-57,59-65H,12-13,17,20-22,24-28H2,1-11H3/b15-14+,18-16+,23-19+/t29-,30+,31-,32-,33+,34+,35-,36+,37+,38-,39+,40+,41-,43-,44-,45-,46-,47-,48+,49-,50+,51+,52+,53+,54-/m0/s1. The summed E-state index contributed by atoms with van der Waals surface area (Å²) in [6, 6.07) is 0. The molecule has 16 heteroatoms. The Morgan fingerprint density at radius 3 is 2.09 bits per heavy atom. The predicted molar refractivity (Wildman–Crippen MR) is 263 cm³/mol. The molecule has 10 N–H and O–H groups in total. The number of hydrogen-bond donors (Lipinski definition) is 10. The molecule has 0 aromatic carbocycles. The monoisotopic (exact) mass is 999 g/mol. The molecule has 25 atom stereocenters. The van der Waals surface area contributed by atoms with Gasteiger partial charge in [-0.05, 0) is 83.0 Å². The number of rotatable bonds is 9. The van der Waals surface area contributed by atoms with Gasteiger partial charge in [0.05, 0.1) is 54.9 Å². The Labute approximate surface area is 418 Å². The molecule has 4 heterocycles. The van der Waals surface area contributed by atoms with Crippen LogP contribution in [0.2, 0.25) is 0 Å². The molecule has 0 aliphatic carbocycles. The molecule has 3 saturated heterocycles. The SMILES string of the molecule is CCC[C@]1(O)[C@H](O)[C@@H](O)[C@H](O)[C@H](O[C@H]2CC[C@@H](O)[C@@H](C)O2)[C@@H](O)[C@@H](C)[C@@H](O)[C@@H](C)/C=C/C(=O)O[C@H]2[C@H](C)[C@H](CC[C@@H](C[C@H](C)O)/C=C/C=C/C[C@H](C)[C@H]1O)O[C@]1(CC[C@@H](C)[C@H]([C@H](C)[C@H](O)CC)O1)[C@@H]2C. The van der Waals surface area contributed by atoms with Crippen LogP contribution in [0.25, 0.3) is 0 Å². The predicted octanol–water partition coefficient (Wildman–Crippen LogP) is 4.60. The van der Waals surface area contributed by atoms with Gasteiger partial charge < -0.3 is 74.7 Å². The lowest BCUT2D eigenvalue weighted by Crippen LogP contribution is -2.63. The summed E-state index contributed by atoms with van der Waals surface area (Å²) in [7, 11) is 0. The second-order valence-electron chi connectivity index (χ2n) is 22.1. The molecule has 0 unspecified atom stereocenters. The molecule has 0 radical (unpaired) electrons. The van der Waals surface area contributed by atoms with E-state index in [2.05, 4.69) is 6.92 Å². The van der Waals surface area contributed by atoms with E-state index >= 15 is 0 Å². The molecule has 1 spiro atoms. The van der Waals surface area contributed by atoms with Gasteiger partial charge in [0, 0.05) is 48.5 Å². The normalized spacial score (nSPS) is 47.4. The van der Waals surface area contributed by atoms with Gasteiger partial charge in [0.2, 0.25) is 0 Å². The number of aliphatic hydroxyl groups is 10. The van der Waals surface area contributed by atoms with E-state index in [0.29, 0.717) is 32.1 Å². The van der Waals surface area contributed by atoms with E-state index in [1.807, 2.05) is 52.0 Å². The van der Waals surface area contributed by atoms with Gasteiger partial charge in [-0.1, -0.05) is 99.1 Å². The Kier molecular flexibility index (Phi) is 23.5. The first kappa shape index (κ1) is 60.7. The van der Waals surface area contributed by atoms with Crippen molar-refractivity contribution in [2.45, 2.75) is 250 Å². The van der Waals surface area contributed by atoms with Crippen LogP contribution in [0, 0.1) is 47.3 Å². The fourth-order valence-electron chi connectivity index (χ4n) is 11.5. The maximum Gasteiger partial charge on any atom is 0.330 e. The van der Waals surface area contributed by atoms with Crippen molar-refractivity contribution in [1.82, 2.24) is 0 Å². The van der Waals surface area contributed by atoms with Crippen molar-refractivity contribution in [3.63, 3.8) is 0 Å². The zero-order chi connectivity index (χ0) is 52.4. The fourth-order valence-corrected chi connectivity index (χ4v) is 11.5. The van der Waals surface area contributed by atoms with Crippen molar-refractivity contribution in [3.05, 3.63) is 36.5 Å². The quantitative estimate of drug-likeness (QED) is 0.142. The van der Waals surface area contributed by atoms with Crippen LogP contribution in [-0.4, -0.2) is 160 Å². The Morgan fingerprint density at radius 1 is 0.771 bits per heavy atom. The summed E-state index contributed by atoms with van der Waals surface area (Å²) in [5, 5.41) is 115. The molecule has 4 aliphatic rings. The van der Waals surface area contributed by atoms with Gasteiger partial charge in [0.15, 0.2) is 12.1 Å². The third kappa shape index (κ3) is 14.9. The lowest BCUT2D eigenvalue weighted by molar-refractivity contribution is -0.376. The maximum absolute atomic E-state index is 13.9. The van der Waals surface area contributed by atoms with Gasteiger partial charge in [-0.25, -0.2) is 4.79 Å². The molecule has 3 fully saturated rings. The number of carbonyl (C=O) groups is 1. The summed E-state index contributed by atoms with van der Waals surface area (Å²) in [6.07, 6.45) is -3.50. The Hall–Kier alpha value is -1.87. The van der Waals surface area contributed by atoms with Crippen LogP contribution in [0.15, 0.2) is 36.5 Å². The van der Waals surface area contributed by atoms with Crippen LogP contribution >= 0.6 is 0 Å². The van der Waals surface area contributed by atoms with Gasteiger partial charge in [-0.3, -0.25) is 0 Å². The molecule has 0 aromatic heterocycles. The Balaban J connectivity index is 1.77. The zero-order valence-corrected chi connectivity index (χ0v) is 43.9. The Morgan fingerprint density at radius 2 is 1.46 bits per heavy atom. The number of hydrogen-bond acceptors (Lipinski definition) is 16. The summed E-state index contributed by atoms with van der Waals surface area (Å²) >= 11 is 0. The number of ether oxygens (including phenoxy) is 5. The van der Waals surface area contributed by atoms with Gasteiger partial charge >= 0.3 is 5.97 Å². The van der Waals surface area contributed by atoms with E-state index in [1.54, 1.807) is 34.6 Å². The van der Waals surface area contributed by atoms with Crippen molar-refractivity contribution in [1.29, 1.82) is 0 Å². The van der Waals surface area contributed by atoms with E-state index in [9.17, 15) is 55.9 Å². The summed E-state index contributed by atoms with van der Waals surface area (Å²) < 4.78 is 32.4. The molecule has 2 bridgehead atoms. The highest BCUT2D eigenvalue weighted by Crippen LogP contribution is 2.50. The van der Waals surface area contributed by atoms with Crippen molar-refractivity contribution >= 4 is 5.97 Å². The summed E-state index contributed by atoms with van der Waals surface area (Å²) in [4.78, 5) is 13.9. The average Bonchev–Trinajstić information content (AvgIpc) is 3.33. The fraction of sp³-hybridized carbons (Fsp3) is 0.870. The number of carbonyl (C=O) groups excluding carboxylic acids is 1. The zero-order valence-electron chi connectivity index (χ0n) is 43.9. The summed E-state index contributed by atoms with van der Waals surface area (Å²) in [6.45, 7) is 20.0. The topological polar surface area (TPSA) is 266 Å². The van der Waals surface area contributed by atoms with Crippen molar-refractivity contribution < 1.29 is 79.5 Å². The summed E-state index contributed by atoms with van der Waals surface area (Å²) in [5.41, 5.74) is -2.33. The largest absolute Gasteiger partial charge is 0.458 e. The molecule has 0 amide bonds. The van der Waals surface area contributed by atoms with E-state index in [4.69, 9.17) is 23.7 Å². The van der Waals surface area contributed by atoms with Gasteiger partial charge in [-0.2, -0.15) is 0 Å². The molecule has 16 nitrogen and oxygen atoms in total. The van der Waals surface area contributed by atoms with E-state index < -0.39 is 127 Å². The van der Waals surface area contributed by atoms with Crippen LogP contribution in [-0.2, 0) is 28.5 Å². The van der Waals surface area contributed by atoms with Gasteiger partial charge in [0.25, 0.3) is 0 Å². The molecule has 406 valence electrons. The highest BCUT2D eigenvalue weighted by Gasteiger charge is 2.57. The molecule has 0 saturated carbocycles. The molecule has 4 rings (SSSR count). The molecular weight excluding hydrogens is 905 g/mol. The first-order chi connectivity index (χ1) is 32.8. The minimum atomic E-state index is -2.33. The second kappa shape index (κ2) is 27.1. The number of esters is 1. The maximum atomic E-state index is 13.9. The van der Waals surface area contributed by atoms with E-state index in [-0.39, 0.29) is 61.9 Å². The van der Waals surface area contributed by atoms with Crippen LogP contribution < -0.4 is 0 Å². The first-order valence-corrected chi connectivity index (χ1v) is 26.6. The first-order valence-electron chi connectivity index (χ1n) is 26.6. The minimum absolute atomic E-state index is 0.0833. The lowest BCUT2D eigenvalue weighted by atomic mass is 9.73. The van der Waals surface area contributed by atoms with Crippen molar-refractivity contribution in [2.75, 3.05) is 0 Å². The minimum Gasteiger partial charge on any atom is -0.458 e. The van der Waals surface area contributed by atoms with Crippen LogP contribution in [0.5, 0.6) is 0 Å². The average molecular weight is 999 g/mol. The third-order valence-electron chi connectivity index (χ3n) is 16.5.